The van der Waals surface area contributed by atoms with E-state index in [-0.39, 0.29) is 0 Å². The maximum absolute atomic E-state index is 2.65. The van der Waals surface area contributed by atoms with Crippen LogP contribution in [0.4, 0.5) is 0 Å². The fourth-order valence-electron chi connectivity index (χ4n) is 3.91. The Morgan fingerprint density at radius 1 is 1.06 bits per heavy atom. The predicted octanol–water partition coefficient (Wildman–Crippen LogP) is 3.98. The highest BCUT2D eigenvalue weighted by Gasteiger charge is 2.36. The number of benzene rings is 1. The van der Waals surface area contributed by atoms with Gasteiger partial charge in [-0.15, -0.1) is 0 Å². The van der Waals surface area contributed by atoms with Crippen LogP contribution in [0.5, 0.6) is 0 Å². The van der Waals surface area contributed by atoms with Crippen molar-refractivity contribution in [3.63, 3.8) is 0 Å². The highest BCUT2D eigenvalue weighted by Crippen LogP contribution is 2.40. The fourth-order valence-corrected chi connectivity index (χ4v) is 3.91. The van der Waals surface area contributed by atoms with Gasteiger partial charge in [-0.1, -0.05) is 37.6 Å². The summed E-state index contributed by atoms with van der Waals surface area (Å²) in [5, 5.41) is 0. The van der Waals surface area contributed by atoms with Crippen molar-refractivity contribution in [3.05, 3.63) is 35.4 Å². The molecule has 0 saturated carbocycles. The van der Waals surface area contributed by atoms with Gasteiger partial charge in [0.2, 0.25) is 0 Å². The van der Waals surface area contributed by atoms with Gasteiger partial charge in [0.15, 0.2) is 0 Å². The largest absolute Gasteiger partial charge is 0.300 e. The van der Waals surface area contributed by atoms with Crippen molar-refractivity contribution < 1.29 is 0 Å². The molecular weight excluding hydrogens is 218 g/mol. The Morgan fingerprint density at radius 2 is 1.67 bits per heavy atom. The molecule has 3 atom stereocenters. The molecule has 2 fully saturated rings. The summed E-state index contributed by atoms with van der Waals surface area (Å²) in [7, 11) is 2.34. The SMILES string of the molecule is CCc1ccc(C2C[C@H]3CCC[C@@H](C2)N3C)cc1. The molecule has 2 aliphatic heterocycles. The first kappa shape index (κ1) is 12.2. The molecule has 1 nitrogen and oxygen atoms in total. The van der Waals surface area contributed by atoms with Crippen molar-refractivity contribution in [1.82, 2.24) is 4.90 Å². The van der Waals surface area contributed by atoms with Crippen LogP contribution in [0.3, 0.4) is 0 Å². The molecule has 2 aliphatic rings. The molecule has 0 aromatic heterocycles. The third-order valence-corrected chi connectivity index (χ3v) is 5.20. The van der Waals surface area contributed by atoms with E-state index in [1.165, 1.54) is 37.7 Å². The van der Waals surface area contributed by atoms with Crippen LogP contribution in [0.1, 0.15) is 56.1 Å². The van der Waals surface area contributed by atoms with Gasteiger partial charge in [0.1, 0.15) is 0 Å². The monoisotopic (exact) mass is 243 g/mol. The average molecular weight is 243 g/mol. The fraction of sp³-hybridized carbons (Fsp3) is 0.647. The van der Waals surface area contributed by atoms with E-state index in [9.17, 15) is 0 Å². The van der Waals surface area contributed by atoms with E-state index in [4.69, 9.17) is 0 Å². The second-order valence-electron chi connectivity index (χ2n) is 6.17. The van der Waals surface area contributed by atoms with E-state index < -0.39 is 0 Å². The zero-order chi connectivity index (χ0) is 12.5. The standard InChI is InChI=1S/C17H25N/c1-3-13-7-9-14(10-8-13)15-11-16-5-4-6-17(12-15)18(16)2/h7-10,15-17H,3-6,11-12H2,1-2H3/t15?,16-,17+. The van der Waals surface area contributed by atoms with Gasteiger partial charge < -0.3 is 4.90 Å². The summed E-state index contributed by atoms with van der Waals surface area (Å²) in [6, 6.07) is 11.1. The van der Waals surface area contributed by atoms with Gasteiger partial charge in [0.05, 0.1) is 0 Å². The summed E-state index contributed by atoms with van der Waals surface area (Å²) in [5.74, 6) is 0.808. The lowest BCUT2D eigenvalue weighted by Gasteiger charge is -2.47. The van der Waals surface area contributed by atoms with E-state index in [0.29, 0.717) is 0 Å². The summed E-state index contributed by atoms with van der Waals surface area (Å²) in [4.78, 5) is 2.65. The van der Waals surface area contributed by atoms with Crippen molar-refractivity contribution in [3.8, 4) is 0 Å². The highest BCUT2D eigenvalue weighted by molar-refractivity contribution is 5.26. The minimum atomic E-state index is 0.808. The molecule has 0 radical (unpaired) electrons. The molecule has 1 heteroatoms. The van der Waals surface area contributed by atoms with Gasteiger partial charge >= 0.3 is 0 Å². The minimum Gasteiger partial charge on any atom is -0.300 e. The molecule has 2 saturated heterocycles. The Kier molecular flexibility index (Phi) is 3.43. The molecule has 0 amide bonds. The Morgan fingerprint density at radius 3 is 2.22 bits per heavy atom. The van der Waals surface area contributed by atoms with Crippen LogP contribution in [-0.2, 0) is 6.42 Å². The first-order valence-corrected chi connectivity index (χ1v) is 7.58. The number of aryl methyl sites for hydroxylation is 1. The molecule has 1 unspecified atom stereocenters. The average Bonchev–Trinajstić information content (AvgIpc) is 2.38. The number of fused-ring (bicyclic) bond motifs is 2. The van der Waals surface area contributed by atoms with E-state index in [1.54, 1.807) is 5.56 Å². The highest BCUT2D eigenvalue weighted by atomic mass is 15.2. The molecule has 3 rings (SSSR count). The molecule has 98 valence electrons. The summed E-state index contributed by atoms with van der Waals surface area (Å²) in [6.07, 6.45) is 8.17. The lowest BCUT2D eigenvalue weighted by atomic mass is 9.76. The van der Waals surface area contributed by atoms with Gasteiger partial charge in [-0.2, -0.15) is 0 Å². The molecule has 18 heavy (non-hydrogen) atoms. The molecule has 2 heterocycles. The molecule has 1 aromatic carbocycles. The quantitative estimate of drug-likeness (QED) is 0.759. The normalized spacial score (nSPS) is 32.4. The van der Waals surface area contributed by atoms with Gasteiger partial charge in [-0.05, 0) is 56.2 Å². The Hall–Kier alpha value is -0.820. The third kappa shape index (κ3) is 2.21. The van der Waals surface area contributed by atoms with Gasteiger partial charge in [0, 0.05) is 12.1 Å². The zero-order valence-corrected chi connectivity index (χ0v) is 11.7. The topological polar surface area (TPSA) is 3.24 Å². The first-order chi connectivity index (χ1) is 8.78. The van der Waals surface area contributed by atoms with E-state index in [0.717, 1.165) is 24.4 Å². The summed E-state index contributed by atoms with van der Waals surface area (Å²) in [5.41, 5.74) is 3.05. The van der Waals surface area contributed by atoms with Crippen LogP contribution in [0.15, 0.2) is 24.3 Å². The first-order valence-electron chi connectivity index (χ1n) is 7.58. The molecule has 0 N–H and O–H groups in total. The minimum absolute atomic E-state index is 0.808. The molecule has 0 spiro atoms. The lowest BCUT2D eigenvalue weighted by molar-refractivity contribution is 0.0555. The second kappa shape index (κ2) is 5.05. The van der Waals surface area contributed by atoms with Crippen molar-refractivity contribution in [2.45, 2.75) is 63.5 Å². The number of nitrogens with zero attached hydrogens (tertiary/aromatic N) is 1. The lowest BCUT2D eigenvalue weighted by Crippen LogP contribution is -2.49. The molecule has 0 aliphatic carbocycles. The maximum Gasteiger partial charge on any atom is 0.0101 e. The van der Waals surface area contributed by atoms with Crippen LogP contribution in [0.25, 0.3) is 0 Å². The zero-order valence-electron chi connectivity index (χ0n) is 11.7. The van der Waals surface area contributed by atoms with Crippen LogP contribution in [0, 0.1) is 0 Å². The Bertz CT molecular complexity index is 381. The smallest absolute Gasteiger partial charge is 0.0101 e. The number of hydrogen-bond acceptors (Lipinski definition) is 1. The van der Waals surface area contributed by atoms with Crippen LogP contribution < -0.4 is 0 Å². The Labute approximate surface area is 111 Å². The van der Waals surface area contributed by atoms with Crippen LogP contribution in [0.2, 0.25) is 0 Å². The van der Waals surface area contributed by atoms with Crippen molar-refractivity contribution in [2.75, 3.05) is 7.05 Å². The van der Waals surface area contributed by atoms with Gasteiger partial charge in [0.25, 0.3) is 0 Å². The summed E-state index contributed by atoms with van der Waals surface area (Å²) >= 11 is 0. The number of rotatable bonds is 2. The third-order valence-electron chi connectivity index (χ3n) is 5.20. The molecule has 2 bridgehead atoms. The van der Waals surface area contributed by atoms with Crippen molar-refractivity contribution in [2.24, 2.45) is 0 Å². The summed E-state index contributed by atoms with van der Waals surface area (Å²) < 4.78 is 0. The van der Waals surface area contributed by atoms with Crippen LogP contribution >= 0.6 is 0 Å². The predicted molar refractivity (Wildman–Crippen MR) is 77.0 cm³/mol. The molecule has 1 aromatic rings. The van der Waals surface area contributed by atoms with E-state index in [1.807, 2.05) is 0 Å². The van der Waals surface area contributed by atoms with Crippen molar-refractivity contribution >= 4 is 0 Å². The van der Waals surface area contributed by atoms with Crippen molar-refractivity contribution in [1.29, 1.82) is 0 Å². The Balaban J connectivity index is 1.76. The number of hydrogen-bond donors (Lipinski definition) is 0. The van der Waals surface area contributed by atoms with Crippen LogP contribution in [-0.4, -0.2) is 24.0 Å². The molecular formula is C17H25N. The maximum atomic E-state index is 2.65. The van der Waals surface area contributed by atoms with E-state index >= 15 is 0 Å². The number of piperidine rings is 2. The van der Waals surface area contributed by atoms with Gasteiger partial charge in [-0.3, -0.25) is 0 Å². The second-order valence-corrected chi connectivity index (χ2v) is 6.17. The van der Waals surface area contributed by atoms with E-state index in [2.05, 4.69) is 43.1 Å². The van der Waals surface area contributed by atoms with Gasteiger partial charge in [-0.25, -0.2) is 0 Å². The summed E-state index contributed by atoms with van der Waals surface area (Å²) in [6.45, 7) is 2.23.